The van der Waals surface area contributed by atoms with Gasteiger partial charge < -0.3 is 9.47 Å². The van der Waals surface area contributed by atoms with Gasteiger partial charge in [0.05, 0.1) is 30.8 Å². The lowest BCUT2D eigenvalue weighted by Gasteiger charge is -2.12. The Balaban J connectivity index is 1.96. The molecule has 0 atom stereocenters. The zero-order chi connectivity index (χ0) is 18.4. The first-order valence-corrected chi connectivity index (χ1v) is 8.68. The fourth-order valence-corrected chi connectivity index (χ4v) is 3.48. The lowest BCUT2D eigenvalue weighted by molar-refractivity contribution is 0.394. The number of nitrogens with zero attached hydrogens (tertiary/aromatic N) is 3. The molecule has 2 heterocycles. The standard InChI is InChI=1S/C22H17N3O2/c1-26-15-11-14(12-16(13-15)27-2)21-23-18-8-4-3-7-17(18)22-24-19-9-5-6-10-20(19)25(21)22/h3-13H,1-2H3. The molecule has 0 aliphatic carbocycles. The predicted molar refractivity (Wildman–Crippen MR) is 107 cm³/mol. The zero-order valence-electron chi connectivity index (χ0n) is 15.0. The molecule has 0 aliphatic rings. The minimum atomic E-state index is 0.719. The molecule has 132 valence electrons. The van der Waals surface area contributed by atoms with E-state index < -0.39 is 0 Å². The SMILES string of the molecule is COc1cc(OC)cc(-c2nc3ccccc3c3nc4ccccc4n23)c1. The number of aromatic nitrogens is 3. The van der Waals surface area contributed by atoms with Crippen molar-refractivity contribution in [3.63, 3.8) is 0 Å². The molecule has 3 aromatic carbocycles. The highest BCUT2D eigenvalue weighted by atomic mass is 16.5. The third-order valence-corrected chi connectivity index (χ3v) is 4.75. The van der Waals surface area contributed by atoms with Gasteiger partial charge in [-0.25, -0.2) is 9.97 Å². The molecule has 0 radical (unpaired) electrons. The summed E-state index contributed by atoms with van der Waals surface area (Å²) in [7, 11) is 3.29. The highest BCUT2D eigenvalue weighted by Gasteiger charge is 2.16. The first-order chi connectivity index (χ1) is 13.3. The van der Waals surface area contributed by atoms with E-state index in [1.54, 1.807) is 14.2 Å². The van der Waals surface area contributed by atoms with E-state index >= 15 is 0 Å². The van der Waals surface area contributed by atoms with Crippen LogP contribution in [0, 0.1) is 0 Å². The third kappa shape index (κ3) is 2.39. The quantitative estimate of drug-likeness (QED) is 0.470. The first-order valence-electron chi connectivity index (χ1n) is 8.68. The van der Waals surface area contributed by atoms with Crippen LogP contribution in [-0.4, -0.2) is 28.6 Å². The fourth-order valence-electron chi connectivity index (χ4n) is 3.48. The summed E-state index contributed by atoms with van der Waals surface area (Å²) in [5.41, 5.74) is 4.65. The predicted octanol–water partition coefficient (Wildman–Crippen LogP) is 4.72. The summed E-state index contributed by atoms with van der Waals surface area (Å²) in [6, 6.07) is 22.0. The first kappa shape index (κ1) is 15.6. The number of ether oxygens (including phenoxy) is 2. The Morgan fingerprint density at radius 1 is 0.741 bits per heavy atom. The molecule has 0 amide bonds. The van der Waals surface area contributed by atoms with Gasteiger partial charge in [-0.05, 0) is 36.4 Å². The number of fused-ring (bicyclic) bond motifs is 5. The molecule has 0 bridgehead atoms. The van der Waals surface area contributed by atoms with E-state index in [2.05, 4.69) is 16.5 Å². The van der Waals surface area contributed by atoms with Crippen molar-refractivity contribution in [2.45, 2.75) is 0 Å². The van der Waals surface area contributed by atoms with Crippen LogP contribution in [0.25, 0.3) is 39.0 Å². The van der Waals surface area contributed by atoms with Crippen molar-refractivity contribution in [2.24, 2.45) is 0 Å². The molecule has 5 heteroatoms. The van der Waals surface area contributed by atoms with E-state index in [-0.39, 0.29) is 0 Å². The van der Waals surface area contributed by atoms with Crippen LogP contribution in [-0.2, 0) is 0 Å². The van der Waals surface area contributed by atoms with Crippen LogP contribution in [0.4, 0.5) is 0 Å². The summed E-state index contributed by atoms with van der Waals surface area (Å²) in [6.45, 7) is 0. The number of hydrogen-bond acceptors (Lipinski definition) is 4. The lowest BCUT2D eigenvalue weighted by atomic mass is 10.1. The summed E-state index contributed by atoms with van der Waals surface area (Å²) in [4.78, 5) is 9.83. The number of benzene rings is 3. The van der Waals surface area contributed by atoms with Crippen molar-refractivity contribution >= 4 is 27.6 Å². The second kappa shape index (κ2) is 5.99. The van der Waals surface area contributed by atoms with Gasteiger partial charge in [0.2, 0.25) is 0 Å². The Hall–Kier alpha value is -3.60. The van der Waals surface area contributed by atoms with Crippen molar-refractivity contribution in [3.8, 4) is 22.9 Å². The van der Waals surface area contributed by atoms with Crippen LogP contribution in [0.1, 0.15) is 0 Å². The Morgan fingerprint density at radius 2 is 1.41 bits per heavy atom. The molecule has 5 rings (SSSR count). The summed E-state index contributed by atoms with van der Waals surface area (Å²) in [5.74, 6) is 2.24. The molecule has 0 N–H and O–H groups in total. The van der Waals surface area contributed by atoms with E-state index in [0.717, 1.165) is 50.5 Å². The summed E-state index contributed by atoms with van der Waals surface area (Å²) in [6.07, 6.45) is 0. The van der Waals surface area contributed by atoms with E-state index in [1.807, 2.05) is 54.6 Å². The molecule has 0 saturated heterocycles. The van der Waals surface area contributed by atoms with Gasteiger partial charge >= 0.3 is 0 Å². The minimum absolute atomic E-state index is 0.719. The molecule has 0 unspecified atom stereocenters. The second-order valence-electron chi connectivity index (χ2n) is 6.31. The van der Waals surface area contributed by atoms with Gasteiger partial charge in [-0.15, -0.1) is 0 Å². The Morgan fingerprint density at radius 3 is 2.15 bits per heavy atom. The maximum atomic E-state index is 5.45. The molecule has 2 aromatic heterocycles. The van der Waals surface area contributed by atoms with Crippen LogP contribution in [0.5, 0.6) is 11.5 Å². The molecule has 27 heavy (non-hydrogen) atoms. The number of methoxy groups -OCH3 is 2. The minimum Gasteiger partial charge on any atom is -0.497 e. The Kier molecular flexibility index (Phi) is 3.47. The lowest BCUT2D eigenvalue weighted by Crippen LogP contribution is -1.99. The smallest absolute Gasteiger partial charge is 0.149 e. The fraction of sp³-hybridized carbons (Fsp3) is 0.0909. The van der Waals surface area contributed by atoms with Crippen LogP contribution >= 0.6 is 0 Å². The van der Waals surface area contributed by atoms with E-state index in [1.165, 1.54) is 0 Å². The van der Waals surface area contributed by atoms with Gasteiger partial charge in [-0.2, -0.15) is 0 Å². The van der Waals surface area contributed by atoms with Gasteiger partial charge in [-0.3, -0.25) is 4.40 Å². The molecular formula is C22H17N3O2. The van der Waals surface area contributed by atoms with Crippen LogP contribution in [0.3, 0.4) is 0 Å². The summed E-state index contributed by atoms with van der Waals surface area (Å²) < 4.78 is 13.0. The topological polar surface area (TPSA) is 48.7 Å². The third-order valence-electron chi connectivity index (χ3n) is 4.75. The zero-order valence-corrected chi connectivity index (χ0v) is 15.0. The van der Waals surface area contributed by atoms with Gasteiger partial charge in [0.15, 0.2) is 0 Å². The van der Waals surface area contributed by atoms with Gasteiger partial charge in [0.25, 0.3) is 0 Å². The molecule has 5 nitrogen and oxygen atoms in total. The molecular weight excluding hydrogens is 338 g/mol. The highest BCUT2D eigenvalue weighted by Crippen LogP contribution is 2.33. The van der Waals surface area contributed by atoms with Gasteiger partial charge in [-0.1, -0.05) is 24.3 Å². The average Bonchev–Trinajstić information content (AvgIpc) is 3.12. The largest absolute Gasteiger partial charge is 0.497 e. The maximum Gasteiger partial charge on any atom is 0.149 e. The number of hydrogen-bond donors (Lipinski definition) is 0. The Bertz CT molecular complexity index is 1290. The van der Waals surface area contributed by atoms with Crippen molar-refractivity contribution < 1.29 is 9.47 Å². The van der Waals surface area contributed by atoms with Crippen molar-refractivity contribution in [1.29, 1.82) is 0 Å². The Labute approximate surface area is 155 Å². The van der Waals surface area contributed by atoms with Crippen LogP contribution in [0.15, 0.2) is 66.7 Å². The number of rotatable bonds is 3. The monoisotopic (exact) mass is 355 g/mol. The van der Waals surface area contributed by atoms with Crippen LogP contribution < -0.4 is 9.47 Å². The van der Waals surface area contributed by atoms with E-state index in [9.17, 15) is 0 Å². The van der Waals surface area contributed by atoms with E-state index in [4.69, 9.17) is 19.4 Å². The van der Waals surface area contributed by atoms with Crippen molar-refractivity contribution in [2.75, 3.05) is 14.2 Å². The van der Waals surface area contributed by atoms with E-state index in [0.29, 0.717) is 0 Å². The van der Waals surface area contributed by atoms with Gasteiger partial charge in [0.1, 0.15) is 23.0 Å². The molecule has 0 spiro atoms. The number of para-hydroxylation sites is 3. The maximum absolute atomic E-state index is 5.45. The van der Waals surface area contributed by atoms with Gasteiger partial charge in [0, 0.05) is 17.0 Å². The second-order valence-corrected chi connectivity index (χ2v) is 6.31. The normalized spacial score (nSPS) is 11.3. The van der Waals surface area contributed by atoms with Crippen LogP contribution in [0.2, 0.25) is 0 Å². The van der Waals surface area contributed by atoms with Crippen molar-refractivity contribution in [3.05, 3.63) is 66.7 Å². The summed E-state index contributed by atoms with van der Waals surface area (Å²) >= 11 is 0. The molecule has 0 saturated carbocycles. The average molecular weight is 355 g/mol. The molecule has 5 aromatic rings. The molecule has 0 aliphatic heterocycles. The highest BCUT2D eigenvalue weighted by molar-refractivity contribution is 5.98. The summed E-state index contributed by atoms with van der Waals surface area (Å²) in [5, 5.41) is 1.02. The molecule has 0 fully saturated rings. The number of imidazole rings is 1. The van der Waals surface area contributed by atoms with Crippen molar-refractivity contribution in [1.82, 2.24) is 14.4 Å².